The van der Waals surface area contributed by atoms with Crippen LogP contribution in [0, 0.1) is 0 Å². The fraction of sp³-hybridized carbons (Fsp3) is 0.765. The van der Waals surface area contributed by atoms with Gasteiger partial charge in [-0.15, -0.1) is 0 Å². The molecule has 0 saturated carbocycles. The number of carbonyl (C=O) groups excluding carboxylic acids is 1. The predicted octanol–water partition coefficient (Wildman–Crippen LogP) is 1.45. The molecule has 2 aliphatic heterocycles. The first-order chi connectivity index (χ1) is 11.3. The minimum Gasteiger partial charge on any atom is -0.379 e. The summed E-state index contributed by atoms with van der Waals surface area (Å²) in [6, 6.07) is 0.392. The second kappa shape index (κ2) is 8.45. The topological polar surface area (TPSA) is 61.5 Å². The van der Waals surface area contributed by atoms with E-state index in [2.05, 4.69) is 20.0 Å². The van der Waals surface area contributed by atoms with Gasteiger partial charge in [-0.1, -0.05) is 0 Å². The fourth-order valence-corrected chi connectivity index (χ4v) is 3.60. The van der Waals surface area contributed by atoms with E-state index in [1.807, 2.05) is 12.4 Å². The second-order valence-electron chi connectivity index (χ2n) is 6.61. The van der Waals surface area contributed by atoms with Crippen molar-refractivity contribution in [3.63, 3.8) is 0 Å². The molecule has 2 saturated heterocycles. The van der Waals surface area contributed by atoms with Gasteiger partial charge in [-0.05, 0) is 37.7 Å². The number of carbonyl (C=O) groups is 1. The minimum absolute atomic E-state index is 0.325. The van der Waals surface area contributed by atoms with E-state index in [0.29, 0.717) is 18.4 Å². The van der Waals surface area contributed by atoms with Crippen molar-refractivity contribution in [2.75, 3.05) is 39.4 Å². The zero-order valence-electron chi connectivity index (χ0n) is 13.9. The molecule has 128 valence electrons. The monoisotopic (exact) mass is 320 g/mol. The van der Waals surface area contributed by atoms with Gasteiger partial charge in [0.2, 0.25) is 5.91 Å². The normalized spacial score (nSPS) is 23.1. The van der Waals surface area contributed by atoms with Gasteiger partial charge in [0.05, 0.1) is 19.4 Å². The van der Waals surface area contributed by atoms with Crippen LogP contribution in [-0.2, 0) is 16.0 Å². The van der Waals surface area contributed by atoms with Crippen LogP contribution in [0.4, 0.5) is 0 Å². The molecule has 0 unspecified atom stereocenters. The molecular weight excluding hydrogens is 292 g/mol. The van der Waals surface area contributed by atoms with Gasteiger partial charge < -0.3 is 9.64 Å². The maximum Gasteiger partial charge on any atom is 0.222 e. The molecule has 1 N–H and O–H groups in total. The van der Waals surface area contributed by atoms with Crippen LogP contribution in [0.2, 0.25) is 0 Å². The van der Waals surface area contributed by atoms with Crippen LogP contribution in [0.3, 0.4) is 0 Å². The van der Waals surface area contributed by atoms with Gasteiger partial charge in [-0.3, -0.25) is 14.8 Å². The molecule has 1 amide bonds. The number of rotatable bonds is 6. The average molecular weight is 320 g/mol. The number of aromatic amines is 1. The average Bonchev–Trinajstić information content (AvgIpc) is 3.09. The molecule has 6 nitrogen and oxygen atoms in total. The van der Waals surface area contributed by atoms with Gasteiger partial charge in [0, 0.05) is 44.8 Å². The highest BCUT2D eigenvalue weighted by atomic mass is 16.5. The molecule has 1 aromatic heterocycles. The Morgan fingerprint density at radius 3 is 2.96 bits per heavy atom. The smallest absolute Gasteiger partial charge is 0.222 e. The maximum atomic E-state index is 12.6. The maximum absolute atomic E-state index is 12.6. The van der Waals surface area contributed by atoms with Gasteiger partial charge in [0.25, 0.3) is 0 Å². The first-order valence-electron chi connectivity index (χ1n) is 8.90. The van der Waals surface area contributed by atoms with Crippen molar-refractivity contribution in [3.8, 4) is 0 Å². The summed E-state index contributed by atoms with van der Waals surface area (Å²) in [6.07, 6.45) is 9.75. The SMILES string of the molecule is O=C(CCCc1cn[nH]c1)N1CCCC[C@H]1CN1CCOCC1. The van der Waals surface area contributed by atoms with E-state index in [-0.39, 0.29) is 0 Å². The molecule has 2 aliphatic rings. The Morgan fingerprint density at radius 2 is 2.17 bits per heavy atom. The Kier molecular flexibility index (Phi) is 6.05. The lowest BCUT2D eigenvalue weighted by Crippen LogP contribution is -2.51. The molecular formula is C17H28N4O2. The zero-order chi connectivity index (χ0) is 15.9. The molecule has 1 aromatic rings. The van der Waals surface area contributed by atoms with Gasteiger partial charge in [0.15, 0.2) is 0 Å². The molecule has 0 radical (unpaired) electrons. The number of H-pyrrole nitrogens is 1. The lowest BCUT2D eigenvalue weighted by Gasteiger charge is -2.39. The van der Waals surface area contributed by atoms with Crippen LogP contribution in [-0.4, -0.2) is 71.3 Å². The summed E-state index contributed by atoms with van der Waals surface area (Å²) >= 11 is 0. The number of piperidine rings is 1. The molecule has 1 atom stereocenters. The summed E-state index contributed by atoms with van der Waals surface area (Å²) in [4.78, 5) is 17.2. The fourth-order valence-electron chi connectivity index (χ4n) is 3.60. The van der Waals surface area contributed by atoms with Crippen LogP contribution in [0.25, 0.3) is 0 Å². The number of hydrogen-bond acceptors (Lipinski definition) is 4. The number of aromatic nitrogens is 2. The summed E-state index contributed by atoms with van der Waals surface area (Å²) in [5, 5.41) is 6.77. The molecule has 23 heavy (non-hydrogen) atoms. The highest BCUT2D eigenvalue weighted by Crippen LogP contribution is 2.20. The Morgan fingerprint density at radius 1 is 1.30 bits per heavy atom. The number of nitrogens with zero attached hydrogens (tertiary/aromatic N) is 3. The summed E-state index contributed by atoms with van der Waals surface area (Å²) in [7, 11) is 0. The van der Waals surface area contributed by atoms with Crippen LogP contribution in [0.1, 0.15) is 37.7 Å². The van der Waals surface area contributed by atoms with Gasteiger partial charge in [-0.2, -0.15) is 5.10 Å². The Balaban J connectivity index is 1.47. The van der Waals surface area contributed by atoms with Gasteiger partial charge in [-0.25, -0.2) is 0 Å². The summed E-state index contributed by atoms with van der Waals surface area (Å²) in [6.45, 7) is 5.59. The number of ether oxygens (including phenoxy) is 1. The Hall–Kier alpha value is -1.40. The number of hydrogen-bond donors (Lipinski definition) is 1. The third-order valence-corrected chi connectivity index (χ3v) is 4.93. The summed E-state index contributed by atoms with van der Waals surface area (Å²) in [5.74, 6) is 0.325. The van der Waals surface area contributed by atoms with Crippen molar-refractivity contribution >= 4 is 5.91 Å². The number of likely N-dealkylation sites (tertiary alicyclic amines) is 1. The Labute approximate surface area is 138 Å². The lowest BCUT2D eigenvalue weighted by molar-refractivity contribution is -0.135. The largest absolute Gasteiger partial charge is 0.379 e. The highest BCUT2D eigenvalue weighted by Gasteiger charge is 2.28. The van der Waals surface area contributed by atoms with E-state index in [1.54, 1.807) is 0 Å². The molecule has 6 heteroatoms. The van der Waals surface area contributed by atoms with Crippen LogP contribution in [0.5, 0.6) is 0 Å². The predicted molar refractivity (Wildman–Crippen MR) is 88.1 cm³/mol. The molecule has 0 aromatic carbocycles. The molecule has 2 fully saturated rings. The summed E-state index contributed by atoms with van der Waals surface area (Å²) in [5.41, 5.74) is 1.18. The van der Waals surface area contributed by atoms with Gasteiger partial charge >= 0.3 is 0 Å². The van der Waals surface area contributed by atoms with Crippen LogP contribution < -0.4 is 0 Å². The minimum atomic E-state index is 0.325. The molecule has 3 heterocycles. The van der Waals surface area contributed by atoms with Crippen molar-refractivity contribution < 1.29 is 9.53 Å². The van der Waals surface area contributed by atoms with E-state index in [9.17, 15) is 4.79 Å². The number of amides is 1. The van der Waals surface area contributed by atoms with E-state index in [4.69, 9.17) is 4.74 Å². The van der Waals surface area contributed by atoms with Crippen LogP contribution in [0.15, 0.2) is 12.4 Å². The van der Waals surface area contributed by atoms with Crippen molar-refractivity contribution in [2.24, 2.45) is 0 Å². The molecule has 0 spiro atoms. The third-order valence-electron chi connectivity index (χ3n) is 4.93. The van der Waals surface area contributed by atoms with Crippen molar-refractivity contribution in [1.82, 2.24) is 20.0 Å². The van der Waals surface area contributed by atoms with Gasteiger partial charge in [0.1, 0.15) is 0 Å². The number of morpholine rings is 1. The van der Waals surface area contributed by atoms with E-state index in [1.165, 1.54) is 12.0 Å². The van der Waals surface area contributed by atoms with Crippen molar-refractivity contribution in [1.29, 1.82) is 0 Å². The molecule has 0 aliphatic carbocycles. The first-order valence-corrected chi connectivity index (χ1v) is 8.90. The standard InChI is InChI=1S/C17H28N4O2/c22-17(6-3-4-15-12-18-19-13-15)21-7-2-1-5-16(21)14-20-8-10-23-11-9-20/h12-13,16H,1-11,14H2,(H,18,19)/t16-/m0/s1. The number of aryl methyl sites for hydroxylation is 1. The third kappa shape index (κ3) is 4.78. The Bertz CT molecular complexity index is 471. The van der Waals surface area contributed by atoms with E-state index >= 15 is 0 Å². The lowest BCUT2D eigenvalue weighted by atomic mass is 10.00. The second-order valence-corrected chi connectivity index (χ2v) is 6.61. The van der Waals surface area contributed by atoms with Crippen LogP contribution >= 0.6 is 0 Å². The van der Waals surface area contributed by atoms with Crippen molar-refractivity contribution in [2.45, 2.75) is 44.6 Å². The number of nitrogens with one attached hydrogen (secondary N) is 1. The quantitative estimate of drug-likeness (QED) is 0.862. The zero-order valence-corrected chi connectivity index (χ0v) is 13.9. The van der Waals surface area contributed by atoms with E-state index < -0.39 is 0 Å². The highest BCUT2D eigenvalue weighted by molar-refractivity contribution is 5.76. The van der Waals surface area contributed by atoms with E-state index in [0.717, 1.165) is 65.1 Å². The first kappa shape index (κ1) is 16.5. The van der Waals surface area contributed by atoms with Crippen molar-refractivity contribution in [3.05, 3.63) is 18.0 Å². The summed E-state index contributed by atoms with van der Waals surface area (Å²) < 4.78 is 5.42. The molecule has 0 bridgehead atoms. The molecule has 3 rings (SSSR count).